The number of rotatable bonds is 4. The van der Waals surface area contributed by atoms with Crippen LogP contribution in [0.15, 0.2) is 66.9 Å². The number of benzene rings is 2. The fraction of sp³-hybridized carbons (Fsp3) is 0.304. The lowest BCUT2D eigenvalue weighted by Gasteiger charge is -2.37. The van der Waals surface area contributed by atoms with E-state index in [0.717, 1.165) is 43.0 Å². The summed E-state index contributed by atoms with van der Waals surface area (Å²) in [5, 5.41) is 3.86. The second-order valence-electron chi connectivity index (χ2n) is 7.34. The number of carbonyl (C=O) groups is 1. The summed E-state index contributed by atoms with van der Waals surface area (Å²) in [6, 6.07) is 20.1. The minimum absolute atomic E-state index is 0.398. The van der Waals surface area contributed by atoms with Crippen molar-refractivity contribution in [3.05, 3.63) is 72.4 Å². The molecule has 1 saturated carbocycles. The zero-order valence-corrected chi connectivity index (χ0v) is 15.4. The summed E-state index contributed by atoms with van der Waals surface area (Å²) in [6.07, 6.45) is 7.25. The number of fused-ring (bicyclic) bond motifs is 1. The summed E-state index contributed by atoms with van der Waals surface area (Å²) < 4.78 is 6.02. The topological polar surface area (TPSA) is 51.2 Å². The molecule has 0 unspecified atom stereocenters. The van der Waals surface area contributed by atoms with Crippen molar-refractivity contribution in [1.82, 2.24) is 4.98 Å². The van der Waals surface area contributed by atoms with Crippen LogP contribution in [0.4, 0.5) is 10.5 Å². The lowest BCUT2D eigenvalue weighted by molar-refractivity contribution is -0.00924. The molecule has 0 radical (unpaired) electrons. The number of nitrogens with zero attached hydrogens (tertiary/aromatic N) is 1. The van der Waals surface area contributed by atoms with Crippen LogP contribution in [0.2, 0.25) is 0 Å². The van der Waals surface area contributed by atoms with Gasteiger partial charge in [0.1, 0.15) is 5.60 Å². The number of para-hydroxylation sites is 1. The van der Waals surface area contributed by atoms with Crippen LogP contribution in [-0.4, -0.2) is 16.7 Å². The number of anilines is 1. The normalized spacial score (nSPS) is 16.0. The van der Waals surface area contributed by atoms with Crippen molar-refractivity contribution >= 4 is 22.7 Å². The summed E-state index contributed by atoms with van der Waals surface area (Å²) >= 11 is 0. The molecule has 0 aliphatic heterocycles. The monoisotopic (exact) mass is 360 g/mol. The molecule has 2 aromatic carbocycles. The quantitative estimate of drug-likeness (QED) is 0.646. The average molecular weight is 360 g/mol. The van der Waals surface area contributed by atoms with E-state index in [0.29, 0.717) is 5.69 Å². The zero-order valence-electron chi connectivity index (χ0n) is 15.4. The standard InChI is InChI=1S/C23H24N2O2/c26-22(25-20-15-19-11-5-6-12-21(19)24-17-20)27-23(13-7-2-8-14-23)16-18-9-3-1-4-10-18/h1,3-6,9-12,15,17H,2,7-8,13-14,16H2,(H,25,26). The number of carbonyl (C=O) groups excluding carboxylic acids is 1. The molecule has 1 heterocycles. The molecule has 1 aliphatic rings. The van der Waals surface area contributed by atoms with Crippen molar-refractivity contribution in [1.29, 1.82) is 0 Å². The summed E-state index contributed by atoms with van der Waals surface area (Å²) in [5.41, 5.74) is 2.35. The number of nitrogens with one attached hydrogen (secondary N) is 1. The molecule has 4 nitrogen and oxygen atoms in total. The summed E-state index contributed by atoms with van der Waals surface area (Å²) in [7, 11) is 0. The molecule has 4 heteroatoms. The van der Waals surface area contributed by atoms with Gasteiger partial charge in [-0.15, -0.1) is 0 Å². The van der Waals surface area contributed by atoms with Crippen molar-refractivity contribution in [3.63, 3.8) is 0 Å². The third kappa shape index (κ3) is 4.27. The molecule has 4 rings (SSSR count). The van der Waals surface area contributed by atoms with Gasteiger partial charge in [-0.3, -0.25) is 10.3 Å². The molecule has 1 aromatic heterocycles. The van der Waals surface area contributed by atoms with E-state index >= 15 is 0 Å². The van der Waals surface area contributed by atoms with Crippen LogP contribution in [0.1, 0.15) is 37.7 Å². The summed E-state index contributed by atoms with van der Waals surface area (Å²) in [5.74, 6) is 0. The van der Waals surface area contributed by atoms with Crippen LogP contribution in [0, 0.1) is 0 Å². The molecular formula is C23H24N2O2. The van der Waals surface area contributed by atoms with Gasteiger partial charge in [0.2, 0.25) is 0 Å². The lowest BCUT2D eigenvalue weighted by Crippen LogP contribution is -2.40. The Morgan fingerprint density at radius 2 is 1.74 bits per heavy atom. The Morgan fingerprint density at radius 3 is 2.56 bits per heavy atom. The molecule has 0 bridgehead atoms. The van der Waals surface area contributed by atoms with Gasteiger partial charge < -0.3 is 4.74 Å². The smallest absolute Gasteiger partial charge is 0.412 e. The van der Waals surface area contributed by atoms with Crippen molar-refractivity contribution in [3.8, 4) is 0 Å². The first-order valence-electron chi connectivity index (χ1n) is 9.61. The van der Waals surface area contributed by atoms with Gasteiger partial charge >= 0.3 is 6.09 Å². The Morgan fingerprint density at radius 1 is 1.00 bits per heavy atom. The molecule has 27 heavy (non-hydrogen) atoms. The Labute approximate surface area is 159 Å². The predicted octanol–water partition coefficient (Wildman–Crippen LogP) is 5.73. The lowest BCUT2D eigenvalue weighted by atomic mass is 9.80. The highest BCUT2D eigenvalue weighted by Crippen LogP contribution is 2.35. The first kappa shape index (κ1) is 17.5. The number of pyridine rings is 1. The largest absolute Gasteiger partial charge is 0.442 e. The molecule has 1 fully saturated rings. The van der Waals surface area contributed by atoms with Crippen molar-refractivity contribution < 1.29 is 9.53 Å². The number of hydrogen-bond donors (Lipinski definition) is 1. The SMILES string of the molecule is O=C(Nc1cnc2ccccc2c1)OC1(Cc2ccccc2)CCCCC1. The van der Waals surface area contributed by atoms with Crippen LogP contribution in [-0.2, 0) is 11.2 Å². The highest BCUT2D eigenvalue weighted by atomic mass is 16.6. The van der Waals surface area contributed by atoms with E-state index in [4.69, 9.17) is 4.74 Å². The summed E-state index contributed by atoms with van der Waals surface area (Å²) in [6.45, 7) is 0. The van der Waals surface area contributed by atoms with Gasteiger partial charge in [0.05, 0.1) is 17.4 Å². The number of aromatic nitrogens is 1. The van der Waals surface area contributed by atoms with Gasteiger partial charge in [0, 0.05) is 11.8 Å². The van der Waals surface area contributed by atoms with E-state index in [1.807, 2.05) is 48.5 Å². The Hall–Kier alpha value is -2.88. The molecule has 3 aromatic rings. The van der Waals surface area contributed by atoms with E-state index in [1.54, 1.807) is 6.20 Å². The fourth-order valence-electron chi connectivity index (χ4n) is 3.96. The van der Waals surface area contributed by atoms with Gasteiger partial charge in [-0.25, -0.2) is 4.79 Å². The van der Waals surface area contributed by atoms with E-state index in [1.165, 1.54) is 12.0 Å². The first-order valence-corrected chi connectivity index (χ1v) is 9.61. The molecule has 0 saturated heterocycles. The predicted molar refractivity (Wildman–Crippen MR) is 108 cm³/mol. The highest BCUT2D eigenvalue weighted by Gasteiger charge is 2.36. The van der Waals surface area contributed by atoms with E-state index < -0.39 is 11.7 Å². The first-order chi connectivity index (χ1) is 13.2. The van der Waals surface area contributed by atoms with Crippen LogP contribution in [0.25, 0.3) is 10.9 Å². The minimum atomic E-state index is -0.423. The molecule has 1 amide bonds. The molecule has 0 spiro atoms. The molecular weight excluding hydrogens is 336 g/mol. The number of hydrogen-bond acceptors (Lipinski definition) is 3. The van der Waals surface area contributed by atoms with Crippen LogP contribution >= 0.6 is 0 Å². The van der Waals surface area contributed by atoms with Gasteiger partial charge in [-0.2, -0.15) is 0 Å². The Kier molecular flexibility index (Phi) is 5.05. The number of ether oxygens (including phenoxy) is 1. The van der Waals surface area contributed by atoms with Crippen molar-refractivity contribution in [2.45, 2.75) is 44.1 Å². The second kappa shape index (κ2) is 7.78. The number of amides is 1. The second-order valence-corrected chi connectivity index (χ2v) is 7.34. The maximum Gasteiger partial charge on any atom is 0.412 e. The van der Waals surface area contributed by atoms with Gasteiger partial charge in [0.25, 0.3) is 0 Å². The highest BCUT2D eigenvalue weighted by molar-refractivity contribution is 5.89. The fourth-order valence-corrected chi connectivity index (χ4v) is 3.96. The average Bonchev–Trinajstić information content (AvgIpc) is 2.69. The van der Waals surface area contributed by atoms with Crippen molar-refractivity contribution in [2.24, 2.45) is 0 Å². The molecule has 1 aliphatic carbocycles. The van der Waals surface area contributed by atoms with Crippen molar-refractivity contribution in [2.75, 3.05) is 5.32 Å². The van der Waals surface area contributed by atoms with E-state index in [-0.39, 0.29) is 0 Å². The molecule has 0 atom stereocenters. The van der Waals surface area contributed by atoms with Gasteiger partial charge in [-0.05, 0) is 43.4 Å². The molecule has 1 N–H and O–H groups in total. The maximum atomic E-state index is 12.7. The van der Waals surface area contributed by atoms with Gasteiger partial charge in [-0.1, -0.05) is 55.0 Å². The third-order valence-corrected chi connectivity index (χ3v) is 5.28. The van der Waals surface area contributed by atoms with Gasteiger partial charge in [0.15, 0.2) is 0 Å². The van der Waals surface area contributed by atoms with Crippen LogP contribution in [0.5, 0.6) is 0 Å². The zero-order chi connectivity index (χ0) is 18.5. The Balaban J connectivity index is 1.49. The van der Waals surface area contributed by atoms with E-state index in [2.05, 4.69) is 22.4 Å². The summed E-state index contributed by atoms with van der Waals surface area (Å²) in [4.78, 5) is 17.0. The Bertz CT molecular complexity index is 918. The van der Waals surface area contributed by atoms with E-state index in [9.17, 15) is 4.79 Å². The maximum absolute atomic E-state index is 12.7. The van der Waals surface area contributed by atoms with Crippen LogP contribution < -0.4 is 5.32 Å². The minimum Gasteiger partial charge on any atom is -0.442 e. The molecule has 138 valence electrons. The third-order valence-electron chi connectivity index (χ3n) is 5.28. The van der Waals surface area contributed by atoms with Crippen LogP contribution in [0.3, 0.4) is 0 Å².